The van der Waals surface area contributed by atoms with Crippen LogP contribution in [0.25, 0.3) is 10.1 Å². The van der Waals surface area contributed by atoms with Gasteiger partial charge >= 0.3 is 0 Å². The first kappa shape index (κ1) is 13.5. The summed E-state index contributed by atoms with van der Waals surface area (Å²) in [4.78, 5) is 0. The van der Waals surface area contributed by atoms with E-state index >= 15 is 0 Å². The van der Waals surface area contributed by atoms with Gasteiger partial charge in [0.1, 0.15) is 11.8 Å². The van der Waals surface area contributed by atoms with Gasteiger partial charge in [0.15, 0.2) is 6.61 Å². The average Bonchev–Trinajstić information content (AvgIpc) is 2.99. The molecule has 0 saturated heterocycles. The van der Waals surface area contributed by atoms with Gasteiger partial charge in [-0.25, -0.2) is 0 Å². The minimum atomic E-state index is 0.0673. The highest BCUT2D eigenvalue weighted by molar-refractivity contribution is 7.17. The van der Waals surface area contributed by atoms with E-state index in [9.17, 15) is 0 Å². The van der Waals surface area contributed by atoms with Gasteiger partial charge in [0.2, 0.25) is 0 Å². The lowest BCUT2D eigenvalue weighted by molar-refractivity contribution is 0.364. The zero-order valence-corrected chi connectivity index (χ0v) is 12.2. The number of para-hydroxylation sites is 1. The molecule has 0 atom stereocenters. The Morgan fingerprint density at radius 3 is 2.95 bits per heavy atom. The van der Waals surface area contributed by atoms with Crippen LogP contribution in [0, 0.1) is 11.3 Å². The Bertz CT molecular complexity index is 789. The molecular weight excluding hydrogens is 280 g/mol. The van der Waals surface area contributed by atoms with E-state index in [1.807, 2.05) is 30.3 Å². The van der Waals surface area contributed by atoms with Crippen molar-refractivity contribution in [1.82, 2.24) is 0 Å². The van der Waals surface area contributed by atoms with Crippen molar-refractivity contribution in [2.45, 2.75) is 6.54 Å². The van der Waals surface area contributed by atoms with E-state index in [2.05, 4.69) is 35.0 Å². The average molecular weight is 294 g/mol. The Hall–Kier alpha value is -2.51. The van der Waals surface area contributed by atoms with Crippen LogP contribution in [0.5, 0.6) is 5.75 Å². The van der Waals surface area contributed by atoms with Crippen molar-refractivity contribution in [2.75, 3.05) is 11.9 Å². The molecule has 21 heavy (non-hydrogen) atoms. The van der Waals surface area contributed by atoms with Gasteiger partial charge in [-0.3, -0.25) is 0 Å². The van der Waals surface area contributed by atoms with Crippen LogP contribution in [-0.4, -0.2) is 6.61 Å². The molecule has 1 heterocycles. The largest absolute Gasteiger partial charge is 0.478 e. The second kappa shape index (κ2) is 6.29. The van der Waals surface area contributed by atoms with Crippen LogP contribution in [0.3, 0.4) is 0 Å². The molecule has 0 aliphatic rings. The van der Waals surface area contributed by atoms with Gasteiger partial charge in [-0.1, -0.05) is 18.2 Å². The third-order valence-electron chi connectivity index (χ3n) is 3.20. The summed E-state index contributed by atoms with van der Waals surface area (Å²) in [7, 11) is 0. The highest BCUT2D eigenvalue weighted by atomic mass is 32.1. The molecule has 2 aromatic carbocycles. The molecule has 0 spiro atoms. The fraction of sp³-hybridized carbons (Fsp3) is 0.118. The number of thiophene rings is 1. The molecule has 4 heteroatoms. The SMILES string of the molecule is N#CCOc1ccccc1CNc1ccc2sccc2c1. The smallest absolute Gasteiger partial charge is 0.174 e. The second-order valence-electron chi connectivity index (χ2n) is 4.58. The molecule has 0 unspecified atom stereocenters. The molecule has 1 aromatic heterocycles. The van der Waals surface area contributed by atoms with E-state index in [0.29, 0.717) is 6.54 Å². The number of hydrogen-bond donors (Lipinski definition) is 1. The predicted molar refractivity (Wildman–Crippen MR) is 86.7 cm³/mol. The molecule has 3 nitrogen and oxygen atoms in total. The lowest BCUT2D eigenvalue weighted by Crippen LogP contribution is -2.03. The summed E-state index contributed by atoms with van der Waals surface area (Å²) < 4.78 is 6.72. The Labute approximate surface area is 127 Å². The maximum Gasteiger partial charge on any atom is 0.174 e. The van der Waals surface area contributed by atoms with Gasteiger partial charge in [-0.15, -0.1) is 11.3 Å². The van der Waals surface area contributed by atoms with Gasteiger partial charge in [0, 0.05) is 22.5 Å². The minimum Gasteiger partial charge on any atom is -0.478 e. The van der Waals surface area contributed by atoms with Gasteiger partial charge in [0.05, 0.1) is 0 Å². The van der Waals surface area contributed by atoms with Crippen LogP contribution in [0.4, 0.5) is 5.69 Å². The molecule has 0 amide bonds. The maximum absolute atomic E-state index is 8.62. The van der Waals surface area contributed by atoms with Crippen molar-refractivity contribution in [3.05, 3.63) is 59.5 Å². The van der Waals surface area contributed by atoms with Crippen LogP contribution in [0.2, 0.25) is 0 Å². The number of rotatable bonds is 5. The molecule has 3 aromatic rings. The van der Waals surface area contributed by atoms with Crippen molar-refractivity contribution in [1.29, 1.82) is 5.26 Å². The number of hydrogen-bond acceptors (Lipinski definition) is 4. The number of nitriles is 1. The van der Waals surface area contributed by atoms with Gasteiger partial charge < -0.3 is 10.1 Å². The highest BCUT2D eigenvalue weighted by Gasteiger charge is 2.03. The number of nitrogens with zero attached hydrogens (tertiary/aromatic N) is 1. The van der Waals surface area contributed by atoms with Crippen LogP contribution < -0.4 is 10.1 Å². The van der Waals surface area contributed by atoms with Crippen LogP contribution in [0.1, 0.15) is 5.56 Å². The number of ether oxygens (including phenoxy) is 1. The number of nitrogens with one attached hydrogen (secondary N) is 1. The summed E-state index contributed by atoms with van der Waals surface area (Å²) in [5.41, 5.74) is 2.12. The molecule has 0 radical (unpaired) electrons. The van der Waals surface area contributed by atoms with Crippen LogP contribution in [-0.2, 0) is 6.54 Å². The monoisotopic (exact) mass is 294 g/mol. The van der Waals surface area contributed by atoms with E-state index in [-0.39, 0.29) is 6.61 Å². The molecule has 104 valence electrons. The zero-order valence-electron chi connectivity index (χ0n) is 11.4. The first-order chi connectivity index (χ1) is 10.4. The van der Waals surface area contributed by atoms with Crippen molar-refractivity contribution in [3.63, 3.8) is 0 Å². The molecule has 0 aliphatic carbocycles. The fourth-order valence-corrected chi connectivity index (χ4v) is 2.95. The van der Waals surface area contributed by atoms with E-state index in [4.69, 9.17) is 10.00 Å². The topological polar surface area (TPSA) is 45.0 Å². The second-order valence-corrected chi connectivity index (χ2v) is 5.53. The first-order valence-electron chi connectivity index (χ1n) is 6.65. The molecule has 1 N–H and O–H groups in total. The molecule has 0 aliphatic heterocycles. The van der Waals surface area contributed by atoms with Crippen LogP contribution in [0.15, 0.2) is 53.9 Å². The van der Waals surface area contributed by atoms with E-state index in [0.717, 1.165) is 17.0 Å². The summed E-state index contributed by atoms with van der Waals surface area (Å²) in [6.07, 6.45) is 0. The Morgan fingerprint density at radius 2 is 2.05 bits per heavy atom. The fourth-order valence-electron chi connectivity index (χ4n) is 2.17. The predicted octanol–water partition coefficient (Wildman–Crippen LogP) is 4.42. The van der Waals surface area contributed by atoms with E-state index in [1.54, 1.807) is 11.3 Å². The number of benzene rings is 2. The van der Waals surface area contributed by atoms with Gasteiger partial charge in [0.25, 0.3) is 0 Å². The lowest BCUT2D eigenvalue weighted by Gasteiger charge is -2.11. The summed E-state index contributed by atoms with van der Waals surface area (Å²) in [5, 5.41) is 15.4. The summed E-state index contributed by atoms with van der Waals surface area (Å²) in [6, 6.07) is 18.2. The van der Waals surface area contributed by atoms with Gasteiger partial charge in [-0.2, -0.15) is 5.26 Å². The van der Waals surface area contributed by atoms with E-state index in [1.165, 1.54) is 10.1 Å². The standard InChI is InChI=1S/C17H14N2OS/c18-8-9-20-16-4-2-1-3-14(16)12-19-15-5-6-17-13(11-15)7-10-21-17/h1-7,10-11,19H,9,12H2. The Balaban J connectivity index is 1.73. The first-order valence-corrected chi connectivity index (χ1v) is 7.53. The Kier molecular flexibility index (Phi) is 4.04. The maximum atomic E-state index is 8.62. The third-order valence-corrected chi connectivity index (χ3v) is 4.10. The summed E-state index contributed by atoms with van der Waals surface area (Å²) >= 11 is 1.74. The highest BCUT2D eigenvalue weighted by Crippen LogP contribution is 2.25. The van der Waals surface area contributed by atoms with Crippen LogP contribution >= 0.6 is 11.3 Å². The molecule has 0 fully saturated rings. The third kappa shape index (κ3) is 3.15. The molecular formula is C17H14N2OS. The summed E-state index contributed by atoms with van der Waals surface area (Å²) in [6.45, 7) is 0.731. The zero-order chi connectivity index (χ0) is 14.5. The number of anilines is 1. The van der Waals surface area contributed by atoms with Crippen molar-refractivity contribution < 1.29 is 4.74 Å². The molecule has 0 bridgehead atoms. The minimum absolute atomic E-state index is 0.0673. The van der Waals surface area contributed by atoms with Crippen molar-refractivity contribution in [3.8, 4) is 11.8 Å². The lowest BCUT2D eigenvalue weighted by atomic mass is 10.2. The molecule has 3 rings (SSSR count). The van der Waals surface area contributed by atoms with Crippen molar-refractivity contribution in [2.24, 2.45) is 0 Å². The quantitative estimate of drug-likeness (QED) is 0.757. The van der Waals surface area contributed by atoms with E-state index < -0.39 is 0 Å². The number of fused-ring (bicyclic) bond motifs is 1. The molecule has 0 saturated carbocycles. The van der Waals surface area contributed by atoms with Gasteiger partial charge in [-0.05, 0) is 41.1 Å². The normalized spacial score (nSPS) is 10.2. The van der Waals surface area contributed by atoms with Crippen molar-refractivity contribution >= 4 is 27.1 Å². The summed E-state index contributed by atoms with van der Waals surface area (Å²) in [5.74, 6) is 0.753. The Morgan fingerprint density at radius 1 is 1.14 bits per heavy atom.